The van der Waals surface area contributed by atoms with Crippen LogP contribution in [0.25, 0.3) is 0 Å². The Morgan fingerprint density at radius 3 is 2.74 bits per heavy atom. The summed E-state index contributed by atoms with van der Waals surface area (Å²) in [5.74, 6) is -2.82. The van der Waals surface area contributed by atoms with Crippen molar-refractivity contribution in [3.8, 4) is 0 Å². The average Bonchev–Trinajstić information content (AvgIpc) is 3.49. The summed E-state index contributed by atoms with van der Waals surface area (Å²) in [7, 11) is 0. The molecule has 1 aromatic rings. The number of carbonyl (C=O) groups excluding carboxylic acids is 3. The predicted molar refractivity (Wildman–Crippen MR) is 131 cm³/mol. The third kappa shape index (κ3) is 3.89. The summed E-state index contributed by atoms with van der Waals surface area (Å²) < 4.78 is 11.7. The molecule has 8 heteroatoms. The highest BCUT2D eigenvalue weighted by molar-refractivity contribution is 6.05. The van der Waals surface area contributed by atoms with E-state index in [-0.39, 0.29) is 31.6 Å². The standard InChI is InChI=1S/C27H34N2O6/c1-6-12-28(19-14-16(3)8-9-17(19)4)25(32)23-27-11-10-20(35-27)21(26(33)34-13-7-2)22(27)24(31)29(23)18(5)15-30/h6-9,14,18,20-23,30H,1-2,10-13,15H2,3-5H3/t18-,20+,21-,22+,23?,27?/m1/s1. The molecule has 188 valence electrons. The molecule has 0 aromatic heterocycles. The topological polar surface area (TPSA) is 96.4 Å². The number of benzene rings is 1. The number of aliphatic hydroxyl groups excluding tert-OH is 1. The number of esters is 1. The van der Waals surface area contributed by atoms with E-state index < -0.39 is 41.6 Å². The molecular weight excluding hydrogens is 448 g/mol. The summed E-state index contributed by atoms with van der Waals surface area (Å²) >= 11 is 0. The summed E-state index contributed by atoms with van der Waals surface area (Å²) in [6.07, 6.45) is 3.65. The Labute approximate surface area is 206 Å². The number of carbonyl (C=O) groups is 3. The molecule has 3 aliphatic rings. The predicted octanol–water partition coefficient (Wildman–Crippen LogP) is 2.31. The van der Waals surface area contributed by atoms with Crippen LogP contribution in [0.15, 0.2) is 43.5 Å². The van der Waals surface area contributed by atoms with Crippen molar-refractivity contribution in [1.82, 2.24) is 4.90 Å². The van der Waals surface area contributed by atoms with Crippen LogP contribution < -0.4 is 4.90 Å². The van der Waals surface area contributed by atoms with Gasteiger partial charge in [-0.25, -0.2) is 0 Å². The highest BCUT2D eigenvalue weighted by atomic mass is 16.6. The molecule has 2 unspecified atom stereocenters. The molecule has 1 spiro atoms. The van der Waals surface area contributed by atoms with E-state index in [4.69, 9.17) is 9.47 Å². The number of anilines is 1. The molecule has 1 N–H and O–H groups in total. The first-order chi connectivity index (χ1) is 16.7. The largest absolute Gasteiger partial charge is 0.461 e. The number of aliphatic hydroxyl groups is 1. The van der Waals surface area contributed by atoms with Crippen LogP contribution in [0, 0.1) is 25.7 Å². The third-order valence-electron chi connectivity index (χ3n) is 7.56. The SMILES string of the molecule is C=CCOC(=O)[C@@H]1[C@@H]2CCC3(O2)C(C(=O)N(CC=C)c2cc(C)ccc2C)N([C@H](C)CO)C(=O)[C@H]13. The Hall–Kier alpha value is -2.97. The lowest BCUT2D eigenvalue weighted by atomic mass is 9.70. The molecule has 2 bridgehead atoms. The third-order valence-corrected chi connectivity index (χ3v) is 7.56. The van der Waals surface area contributed by atoms with Gasteiger partial charge in [0.15, 0.2) is 0 Å². The monoisotopic (exact) mass is 482 g/mol. The molecule has 3 saturated heterocycles. The van der Waals surface area contributed by atoms with Gasteiger partial charge >= 0.3 is 5.97 Å². The van der Waals surface area contributed by atoms with E-state index in [1.165, 1.54) is 11.0 Å². The molecule has 2 amide bonds. The van der Waals surface area contributed by atoms with Gasteiger partial charge in [-0.1, -0.05) is 30.9 Å². The molecule has 0 aliphatic carbocycles. The van der Waals surface area contributed by atoms with E-state index in [1.807, 2.05) is 32.0 Å². The number of nitrogens with zero attached hydrogens (tertiary/aromatic N) is 2. The van der Waals surface area contributed by atoms with Gasteiger partial charge in [0.1, 0.15) is 18.2 Å². The number of fused-ring (bicyclic) bond motifs is 1. The van der Waals surface area contributed by atoms with E-state index in [2.05, 4.69) is 13.2 Å². The van der Waals surface area contributed by atoms with Crippen LogP contribution in [-0.4, -0.2) is 71.3 Å². The molecule has 6 atom stereocenters. The van der Waals surface area contributed by atoms with Gasteiger partial charge in [-0.05, 0) is 50.8 Å². The van der Waals surface area contributed by atoms with Gasteiger partial charge in [-0.2, -0.15) is 0 Å². The maximum absolute atomic E-state index is 14.3. The second-order valence-corrected chi connectivity index (χ2v) is 9.78. The second kappa shape index (κ2) is 9.59. The van der Waals surface area contributed by atoms with Crippen molar-refractivity contribution in [2.24, 2.45) is 11.8 Å². The van der Waals surface area contributed by atoms with Crippen LogP contribution in [-0.2, 0) is 23.9 Å². The van der Waals surface area contributed by atoms with E-state index in [0.717, 1.165) is 16.8 Å². The zero-order valence-corrected chi connectivity index (χ0v) is 20.6. The second-order valence-electron chi connectivity index (χ2n) is 9.78. The smallest absolute Gasteiger partial charge is 0.312 e. The summed E-state index contributed by atoms with van der Waals surface area (Å²) in [6, 6.07) is 4.25. The molecule has 4 rings (SSSR count). The van der Waals surface area contributed by atoms with Crippen LogP contribution in [0.3, 0.4) is 0 Å². The summed E-state index contributed by atoms with van der Waals surface area (Å²) in [4.78, 5) is 44.2. The van der Waals surface area contributed by atoms with Gasteiger partial charge in [0.2, 0.25) is 5.91 Å². The minimum absolute atomic E-state index is 0.0365. The lowest BCUT2D eigenvalue weighted by Crippen LogP contribution is -2.58. The molecule has 0 saturated carbocycles. The molecule has 0 radical (unpaired) electrons. The first kappa shape index (κ1) is 25.1. The van der Waals surface area contributed by atoms with Crippen molar-refractivity contribution < 1.29 is 29.0 Å². The Morgan fingerprint density at radius 1 is 1.34 bits per heavy atom. The fourth-order valence-electron chi connectivity index (χ4n) is 6.03. The van der Waals surface area contributed by atoms with Crippen LogP contribution in [0.2, 0.25) is 0 Å². The van der Waals surface area contributed by atoms with E-state index in [9.17, 15) is 19.5 Å². The average molecular weight is 483 g/mol. The van der Waals surface area contributed by atoms with Crippen molar-refractivity contribution >= 4 is 23.5 Å². The maximum atomic E-state index is 14.3. The van der Waals surface area contributed by atoms with Gasteiger partial charge in [0.25, 0.3) is 5.91 Å². The van der Waals surface area contributed by atoms with E-state index >= 15 is 0 Å². The molecule has 8 nitrogen and oxygen atoms in total. The minimum Gasteiger partial charge on any atom is -0.461 e. The molecule has 3 fully saturated rings. The quantitative estimate of drug-likeness (QED) is 0.429. The van der Waals surface area contributed by atoms with Crippen LogP contribution in [0.1, 0.15) is 30.9 Å². The highest BCUT2D eigenvalue weighted by Crippen LogP contribution is 2.59. The van der Waals surface area contributed by atoms with Gasteiger partial charge in [-0.15, -0.1) is 6.58 Å². The Balaban J connectivity index is 1.80. The van der Waals surface area contributed by atoms with Crippen LogP contribution in [0.5, 0.6) is 0 Å². The Morgan fingerprint density at radius 2 is 2.09 bits per heavy atom. The van der Waals surface area contributed by atoms with Crippen molar-refractivity contribution in [2.75, 3.05) is 24.7 Å². The summed E-state index contributed by atoms with van der Waals surface area (Å²) in [5.41, 5.74) is 1.48. The number of ether oxygens (including phenoxy) is 2. The fraction of sp³-hybridized carbons (Fsp3) is 0.519. The number of hydrogen-bond acceptors (Lipinski definition) is 6. The summed E-state index contributed by atoms with van der Waals surface area (Å²) in [5, 5.41) is 10.00. The van der Waals surface area contributed by atoms with Gasteiger partial charge in [-0.3, -0.25) is 14.4 Å². The zero-order valence-electron chi connectivity index (χ0n) is 20.6. The zero-order chi connectivity index (χ0) is 25.5. The number of rotatable bonds is 9. The van der Waals surface area contributed by atoms with Crippen molar-refractivity contribution in [3.05, 3.63) is 54.6 Å². The Kier molecular flexibility index (Phi) is 6.88. The van der Waals surface area contributed by atoms with Crippen LogP contribution in [0.4, 0.5) is 5.69 Å². The van der Waals surface area contributed by atoms with Gasteiger partial charge in [0.05, 0.1) is 30.6 Å². The first-order valence-electron chi connectivity index (χ1n) is 12.1. The molecular formula is C27H34N2O6. The van der Waals surface area contributed by atoms with Gasteiger partial charge < -0.3 is 24.4 Å². The minimum atomic E-state index is -1.16. The van der Waals surface area contributed by atoms with E-state index in [0.29, 0.717) is 12.8 Å². The first-order valence-corrected chi connectivity index (χ1v) is 12.1. The maximum Gasteiger partial charge on any atom is 0.312 e. The lowest BCUT2D eigenvalue weighted by molar-refractivity contribution is -0.154. The van der Waals surface area contributed by atoms with E-state index in [1.54, 1.807) is 17.9 Å². The lowest BCUT2D eigenvalue weighted by Gasteiger charge is -2.38. The normalized spacial score (nSPS) is 29.6. The number of hydrogen-bond donors (Lipinski definition) is 1. The summed E-state index contributed by atoms with van der Waals surface area (Å²) in [6.45, 7) is 12.9. The Bertz CT molecular complexity index is 1050. The van der Waals surface area contributed by atoms with Crippen molar-refractivity contribution in [3.63, 3.8) is 0 Å². The van der Waals surface area contributed by atoms with Crippen molar-refractivity contribution in [1.29, 1.82) is 0 Å². The molecule has 3 heterocycles. The van der Waals surface area contributed by atoms with Crippen LogP contribution >= 0.6 is 0 Å². The fourth-order valence-corrected chi connectivity index (χ4v) is 6.03. The number of amides is 2. The highest BCUT2D eigenvalue weighted by Gasteiger charge is 2.75. The number of aryl methyl sites for hydroxylation is 2. The molecule has 1 aromatic carbocycles. The molecule has 3 aliphatic heterocycles. The number of likely N-dealkylation sites (tertiary alicyclic amines) is 1. The van der Waals surface area contributed by atoms with Gasteiger partial charge in [0, 0.05) is 12.2 Å². The molecule has 35 heavy (non-hydrogen) atoms. The van der Waals surface area contributed by atoms with Crippen molar-refractivity contribution in [2.45, 2.75) is 57.4 Å².